The lowest BCUT2D eigenvalue weighted by Crippen LogP contribution is -2.35. The lowest BCUT2D eigenvalue weighted by Gasteiger charge is -2.35. The van der Waals surface area contributed by atoms with E-state index in [0.29, 0.717) is 0 Å². The maximum Gasteiger partial charge on any atom is 0.000982 e. The van der Waals surface area contributed by atoms with Gasteiger partial charge in [0.25, 0.3) is 0 Å². The molecule has 15 heavy (non-hydrogen) atoms. The fourth-order valence-corrected chi connectivity index (χ4v) is 2.82. The van der Waals surface area contributed by atoms with E-state index in [1.807, 2.05) is 0 Å². The van der Waals surface area contributed by atoms with Gasteiger partial charge in [-0.05, 0) is 49.9 Å². The number of hydrogen-bond acceptors (Lipinski definition) is 1. The smallest absolute Gasteiger partial charge is 0.000982 e. The first-order valence-electron chi connectivity index (χ1n) is 5.92. The second-order valence-electron chi connectivity index (χ2n) is 4.99. The molecule has 0 aromatic heterocycles. The summed E-state index contributed by atoms with van der Waals surface area (Å²) in [7, 11) is 2.23. The van der Waals surface area contributed by atoms with Gasteiger partial charge < -0.3 is 4.90 Å². The summed E-state index contributed by atoms with van der Waals surface area (Å²) in [6.07, 6.45) is 1.31. The van der Waals surface area contributed by atoms with Crippen LogP contribution < -0.4 is 0 Å². The highest BCUT2D eigenvalue weighted by Crippen LogP contribution is 2.33. The van der Waals surface area contributed by atoms with Crippen LogP contribution in [-0.2, 0) is 0 Å². The molecule has 0 N–H and O–H groups in total. The minimum absolute atomic E-state index is 0.766. The van der Waals surface area contributed by atoms with Gasteiger partial charge in [-0.2, -0.15) is 0 Å². The summed E-state index contributed by atoms with van der Waals surface area (Å²) >= 11 is 0. The molecule has 0 radical (unpaired) electrons. The van der Waals surface area contributed by atoms with Gasteiger partial charge in [-0.25, -0.2) is 0 Å². The Bertz CT molecular complexity index is 332. The molecule has 2 unspecified atom stereocenters. The zero-order valence-corrected chi connectivity index (χ0v) is 10.0. The van der Waals surface area contributed by atoms with Crippen LogP contribution in [0.25, 0.3) is 0 Å². The SMILES string of the molecule is Cc1ccccc1C1CCN(C)CC1C. The molecule has 1 heteroatoms. The van der Waals surface area contributed by atoms with Crippen molar-refractivity contribution in [3.63, 3.8) is 0 Å². The minimum Gasteiger partial charge on any atom is -0.306 e. The summed E-state index contributed by atoms with van der Waals surface area (Å²) in [5.41, 5.74) is 3.03. The van der Waals surface area contributed by atoms with Crippen molar-refractivity contribution in [2.45, 2.75) is 26.2 Å². The predicted octanol–water partition coefficient (Wildman–Crippen LogP) is 3.05. The maximum absolute atomic E-state index is 2.44. The Labute approximate surface area is 93.1 Å². The Morgan fingerprint density at radius 3 is 2.67 bits per heavy atom. The van der Waals surface area contributed by atoms with Crippen LogP contribution in [0.1, 0.15) is 30.4 Å². The zero-order chi connectivity index (χ0) is 10.8. The van der Waals surface area contributed by atoms with Crippen molar-refractivity contribution in [3.8, 4) is 0 Å². The highest BCUT2D eigenvalue weighted by molar-refractivity contribution is 5.30. The van der Waals surface area contributed by atoms with Gasteiger partial charge in [-0.3, -0.25) is 0 Å². The molecule has 1 aliphatic heterocycles. The monoisotopic (exact) mass is 203 g/mol. The molecule has 2 atom stereocenters. The second kappa shape index (κ2) is 4.36. The van der Waals surface area contributed by atoms with Crippen molar-refractivity contribution >= 4 is 0 Å². The van der Waals surface area contributed by atoms with Gasteiger partial charge in [0.15, 0.2) is 0 Å². The molecule has 0 aliphatic carbocycles. The van der Waals surface area contributed by atoms with E-state index in [4.69, 9.17) is 0 Å². The summed E-state index contributed by atoms with van der Waals surface area (Å²) in [5, 5.41) is 0. The van der Waals surface area contributed by atoms with Gasteiger partial charge in [0, 0.05) is 6.54 Å². The fourth-order valence-electron chi connectivity index (χ4n) is 2.82. The number of rotatable bonds is 1. The van der Waals surface area contributed by atoms with E-state index in [-0.39, 0.29) is 0 Å². The van der Waals surface area contributed by atoms with Crippen molar-refractivity contribution < 1.29 is 0 Å². The molecule has 1 saturated heterocycles. The summed E-state index contributed by atoms with van der Waals surface area (Å²) < 4.78 is 0. The highest BCUT2D eigenvalue weighted by Gasteiger charge is 2.26. The van der Waals surface area contributed by atoms with Crippen LogP contribution in [-0.4, -0.2) is 25.0 Å². The molecule has 82 valence electrons. The van der Waals surface area contributed by atoms with Gasteiger partial charge in [-0.15, -0.1) is 0 Å². The number of piperidine rings is 1. The van der Waals surface area contributed by atoms with Crippen molar-refractivity contribution in [1.29, 1.82) is 0 Å². The third kappa shape index (κ3) is 2.23. The molecular weight excluding hydrogens is 182 g/mol. The molecular formula is C14H21N. The van der Waals surface area contributed by atoms with E-state index in [0.717, 1.165) is 11.8 Å². The van der Waals surface area contributed by atoms with Gasteiger partial charge in [-0.1, -0.05) is 31.2 Å². The van der Waals surface area contributed by atoms with Gasteiger partial charge in [0.1, 0.15) is 0 Å². The number of hydrogen-bond donors (Lipinski definition) is 0. The molecule has 0 bridgehead atoms. The topological polar surface area (TPSA) is 3.24 Å². The Hall–Kier alpha value is -0.820. The van der Waals surface area contributed by atoms with Crippen LogP contribution in [0.5, 0.6) is 0 Å². The van der Waals surface area contributed by atoms with E-state index in [9.17, 15) is 0 Å². The van der Waals surface area contributed by atoms with Gasteiger partial charge >= 0.3 is 0 Å². The summed E-state index contributed by atoms with van der Waals surface area (Å²) in [4.78, 5) is 2.44. The fraction of sp³-hybridized carbons (Fsp3) is 0.571. The standard InChI is InChI=1S/C14H21N/c1-11-6-4-5-7-13(11)14-8-9-15(3)10-12(14)2/h4-7,12,14H,8-10H2,1-3H3. The molecule has 2 rings (SSSR count). The third-order valence-corrected chi connectivity index (χ3v) is 3.70. The highest BCUT2D eigenvalue weighted by atomic mass is 15.1. The summed E-state index contributed by atoms with van der Waals surface area (Å²) in [5.74, 6) is 1.55. The molecule has 1 aromatic rings. The lowest BCUT2D eigenvalue weighted by molar-refractivity contribution is 0.195. The zero-order valence-electron chi connectivity index (χ0n) is 10.0. The van der Waals surface area contributed by atoms with Crippen LogP contribution >= 0.6 is 0 Å². The number of nitrogens with zero attached hydrogens (tertiary/aromatic N) is 1. The third-order valence-electron chi connectivity index (χ3n) is 3.70. The van der Waals surface area contributed by atoms with Gasteiger partial charge in [0.05, 0.1) is 0 Å². The number of benzene rings is 1. The van der Waals surface area contributed by atoms with Crippen LogP contribution in [0.4, 0.5) is 0 Å². The Kier molecular flexibility index (Phi) is 3.11. The summed E-state index contributed by atoms with van der Waals surface area (Å²) in [6, 6.07) is 8.86. The van der Waals surface area contributed by atoms with Gasteiger partial charge in [0.2, 0.25) is 0 Å². The van der Waals surface area contributed by atoms with Crippen molar-refractivity contribution in [3.05, 3.63) is 35.4 Å². The molecule has 1 heterocycles. The molecule has 1 nitrogen and oxygen atoms in total. The molecule has 0 spiro atoms. The molecule has 1 fully saturated rings. The average Bonchev–Trinajstić information content (AvgIpc) is 2.20. The molecule has 0 saturated carbocycles. The normalized spacial score (nSPS) is 27.9. The lowest BCUT2D eigenvalue weighted by atomic mass is 9.80. The van der Waals surface area contributed by atoms with Crippen LogP contribution in [0.15, 0.2) is 24.3 Å². The summed E-state index contributed by atoms with van der Waals surface area (Å²) in [6.45, 7) is 7.09. The number of likely N-dealkylation sites (tertiary alicyclic amines) is 1. The first-order valence-corrected chi connectivity index (χ1v) is 5.92. The second-order valence-corrected chi connectivity index (χ2v) is 4.99. The van der Waals surface area contributed by atoms with Crippen molar-refractivity contribution in [2.75, 3.05) is 20.1 Å². The van der Waals surface area contributed by atoms with E-state index >= 15 is 0 Å². The first kappa shape index (κ1) is 10.7. The molecule has 0 amide bonds. The number of aryl methyl sites for hydroxylation is 1. The van der Waals surface area contributed by atoms with Crippen LogP contribution in [0.2, 0.25) is 0 Å². The molecule has 1 aromatic carbocycles. The Morgan fingerprint density at radius 2 is 2.00 bits per heavy atom. The van der Waals surface area contributed by atoms with Crippen LogP contribution in [0.3, 0.4) is 0 Å². The average molecular weight is 203 g/mol. The van der Waals surface area contributed by atoms with E-state index in [2.05, 4.69) is 50.1 Å². The van der Waals surface area contributed by atoms with E-state index in [1.165, 1.54) is 25.1 Å². The predicted molar refractivity (Wildman–Crippen MR) is 65.2 cm³/mol. The van der Waals surface area contributed by atoms with E-state index in [1.54, 1.807) is 5.56 Å². The van der Waals surface area contributed by atoms with Crippen molar-refractivity contribution in [1.82, 2.24) is 4.90 Å². The first-order chi connectivity index (χ1) is 7.18. The van der Waals surface area contributed by atoms with E-state index < -0.39 is 0 Å². The quantitative estimate of drug-likeness (QED) is 0.678. The Balaban J connectivity index is 2.20. The largest absolute Gasteiger partial charge is 0.306 e. The minimum atomic E-state index is 0.766. The van der Waals surface area contributed by atoms with Crippen LogP contribution in [0, 0.1) is 12.8 Å². The van der Waals surface area contributed by atoms with Crippen molar-refractivity contribution in [2.24, 2.45) is 5.92 Å². The molecule has 1 aliphatic rings. The Morgan fingerprint density at radius 1 is 1.27 bits per heavy atom. The maximum atomic E-state index is 2.44.